The van der Waals surface area contributed by atoms with E-state index >= 15 is 0 Å². The zero-order valence-corrected chi connectivity index (χ0v) is 17.8. The first kappa shape index (κ1) is 21.3. The molecule has 0 radical (unpaired) electrons. The Bertz CT molecular complexity index is 983. The summed E-state index contributed by atoms with van der Waals surface area (Å²) in [7, 11) is -1.67. The highest BCUT2D eigenvalue weighted by molar-refractivity contribution is 7.89. The Labute approximate surface area is 172 Å². The SMILES string of the molecule is CCOc1cccc(NC(=O)c2cc(S(=O)(=O)N3CCN(C)CC3)ccc2C)c1. The average Bonchev–Trinajstić information content (AvgIpc) is 2.69. The van der Waals surface area contributed by atoms with E-state index in [-0.39, 0.29) is 10.8 Å². The van der Waals surface area contributed by atoms with Gasteiger partial charge in [0.2, 0.25) is 10.0 Å². The summed E-state index contributed by atoms with van der Waals surface area (Å²) >= 11 is 0. The lowest BCUT2D eigenvalue weighted by atomic mass is 10.1. The molecule has 0 aliphatic carbocycles. The Morgan fingerprint density at radius 3 is 2.52 bits per heavy atom. The van der Waals surface area contributed by atoms with Crippen LogP contribution in [0.25, 0.3) is 0 Å². The standard InChI is InChI=1S/C21H27N3O4S/c1-4-28-18-7-5-6-17(14-18)22-21(25)20-15-19(9-8-16(20)2)29(26,27)24-12-10-23(3)11-13-24/h5-9,14-15H,4,10-13H2,1-3H3,(H,22,25). The summed E-state index contributed by atoms with van der Waals surface area (Å²) in [5.74, 6) is 0.306. The van der Waals surface area contributed by atoms with Crippen molar-refractivity contribution in [1.82, 2.24) is 9.21 Å². The van der Waals surface area contributed by atoms with Gasteiger partial charge in [-0.3, -0.25) is 4.79 Å². The molecule has 1 saturated heterocycles. The summed E-state index contributed by atoms with van der Waals surface area (Å²) < 4.78 is 33.0. The lowest BCUT2D eigenvalue weighted by Crippen LogP contribution is -2.47. The summed E-state index contributed by atoms with van der Waals surface area (Å²) in [5, 5.41) is 2.83. The fourth-order valence-electron chi connectivity index (χ4n) is 3.21. The van der Waals surface area contributed by atoms with Gasteiger partial charge in [0.15, 0.2) is 0 Å². The topological polar surface area (TPSA) is 78.9 Å². The third-order valence-electron chi connectivity index (χ3n) is 4.96. The minimum absolute atomic E-state index is 0.140. The molecule has 29 heavy (non-hydrogen) atoms. The fraction of sp³-hybridized carbons (Fsp3) is 0.381. The molecule has 7 nitrogen and oxygen atoms in total. The first-order chi connectivity index (χ1) is 13.8. The minimum Gasteiger partial charge on any atom is -0.494 e. The minimum atomic E-state index is -3.64. The number of carbonyl (C=O) groups is 1. The number of carbonyl (C=O) groups excluding carboxylic acids is 1. The number of nitrogens with one attached hydrogen (secondary N) is 1. The second-order valence-corrected chi connectivity index (χ2v) is 9.04. The molecule has 8 heteroatoms. The largest absolute Gasteiger partial charge is 0.494 e. The van der Waals surface area contributed by atoms with Crippen LogP contribution in [-0.4, -0.2) is 63.4 Å². The molecule has 2 aromatic rings. The number of benzene rings is 2. The summed E-state index contributed by atoms with van der Waals surface area (Å²) in [6, 6.07) is 11.8. The maximum atomic E-state index is 13.0. The van der Waals surface area contributed by atoms with Crippen LogP contribution in [-0.2, 0) is 10.0 Å². The van der Waals surface area contributed by atoms with Crippen LogP contribution < -0.4 is 10.1 Å². The van der Waals surface area contributed by atoms with Crippen LogP contribution in [0.2, 0.25) is 0 Å². The number of likely N-dealkylation sites (N-methyl/N-ethyl adjacent to an activating group) is 1. The van der Waals surface area contributed by atoms with Crippen molar-refractivity contribution in [3.05, 3.63) is 53.6 Å². The molecule has 1 heterocycles. The number of amides is 1. The van der Waals surface area contributed by atoms with E-state index in [1.54, 1.807) is 37.3 Å². The summed E-state index contributed by atoms with van der Waals surface area (Å²) in [6.45, 7) is 6.47. The Hall–Kier alpha value is -2.42. The molecule has 0 atom stereocenters. The quantitative estimate of drug-likeness (QED) is 0.782. The smallest absolute Gasteiger partial charge is 0.255 e. The number of aryl methyl sites for hydroxylation is 1. The second kappa shape index (κ2) is 8.94. The van der Waals surface area contributed by atoms with Crippen LogP contribution in [0.1, 0.15) is 22.8 Å². The molecule has 1 amide bonds. The molecule has 3 rings (SSSR count). The van der Waals surface area contributed by atoms with Crippen molar-refractivity contribution in [2.24, 2.45) is 0 Å². The summed E-state index contributed by atoms with van der Waals surface area (Å²) in [6.07, 6.45) is 0. The molecule has 156 valence electrons. The maximum absolute atomic E-state index is 13.0. The second-order valence-electron chi connectivity index (χ2n) is 7.10. The van der Waals surface area contributed by atoms with Gasteiger partial charge in [-0.05, 0) is 50.7 Å². The van der Waals surface area contributed by atoms with Crippen LogP contribution in [0, 0.1) is 6.92 Å². The van der Waals surface area contributed by atoms with E-state index in [4.69, 9.17) is 4.74 Å². The number of hydrogen-bond acceptors (Lipinski definition) is 5. The van der Waals surface area contributed by atoms with E-state index in [1.807, 2.05) is 20.0 Å². The van der Waals surface area contributed by atoms with Crippen LogP contribution in [0.3, 0.4) is 0 Å². The average molecular weight is 418 g/mol. The fourth-order valence-corrected chi connectivity index (χ4v) is 4.66. The molecule has 1 N–H and O–H groups in total. The third kappa shape index (κ3) is 4.95. The Morgan fingerprint density at radius 2 is 1.83 bits per heavy atom. The highest BCUT2D eigenvalue weighted by Crippen LogP contribution is 2.23. The first-order valence-corrected chi connectivity index (χ1v) is 11.1. The number of sulfonamides is 1. The lowest BCUT2D eigenvalue weighted by Gasteiger charge is -2.31. The number of nitrogens with zero attached hydrogens (tertiary/aromatic N) is 2. The van der Waals surface area contributed by atoms with Gasteiger partial charge in [-0.2, -0.15) is 4.31 Å². The van der Waals surface area contributed by atoms with E-state index < -0.39 is 10.0 Å². The highest BCUT2D eigenvalue weighted by Gasteiger charge is 2.28. The van der Waals surface area contributed by atoms with Crippen molar-refractivity contribution in [2.45, 2.75) is 18.7 Å². The van der Waals surface area contributed by atoms with Gasteiger partial charge in [0, 0.05) is 43.5 Å². The lowest BCUT2D eigenvalue weighted by molar-refractivity contribution is 0.102. The molecular weight excluding hydrogens is 390 g/mol. The van der Waals surface area contributed by atoms with Gasteiger partial charge in [-0.25, -0.2) is 8.42 Å². The predicted molar refractivity (Wildman–Crippen MR) is 113 cm³/mol. The van der Waals surface area contributed by atoms with E-state index in [0.29, 0.717) is 55.3 Å². The van der Waals surface area contributed by atoms with Crippen molar-refractivity contribution < 1.29 is 17.9 Å². The van der Waals surface area contributed by atoms with Gasteiger partial charge in [-0.1, -0.05) is 12.1 Å². The van der Waals surface area contributed by atoms with E-state index in [1.165, 1.54) is 10.4 Å². The highest BCUT2D eigenvalue weighted by atomic mass is 32.2. The summed E-state index contributed by atoms with van der Waals surface area (Å²) in [5.41, 5.74) is 1.63. The molecule has 1 fully saturated rings. The molecule has 0 saturated carbocycles. The summed E-state index contributed by atoms with van der Waals surface area (Å²) in [4.78, 5) is 15.1. The van der Waals surface area contributed by atoms with Crippen molar-refractivity contribution >= 4 is 21.6 Å². The van der Waals surface area contributed by atoms with Gasteiger partial charge in [0.25, 0.3) is 5.91 Å². The number of hydrogen-bond donors (Lipinski definition) is 1. The number of ether oxygens (including phenoxy) is 1. The Kier molecular flexibility index (Phi) is 6.56. The molecule has 0 unspecified atom stereocenters. The van der Waals surface area contributed by atoms with E-state index in [2.05, 4.69) is 10.2 Å². The third-order valence-corrected chi connectivity index (χ3v) is 6.85. The number of anilines is 1. The predicted octanol–water partition coefficient (Wildman–Crippen LogP) is 2.58. The Morgan fingerprint density at radius 1 is 1.10 bits per heavy atom. The number of rotatable bonds is 6. The van der Waals surface area contributed by atoms with Crippen LogP contribution in [0.5, 0.6) is 5.75 Å². The van der Waals surface area contributed by atoms with Crippen molar-refractivity contribution in [3.63, 3.8) is 0 Å². The van der Waals surface area contributed by atoms with Crippen molar-refractivity contribution in [1.29, 1.82) is 0 Å². The molecule has 0 bridgehead atoms. The molecule has 1 aliphatic heterocycles. The molecule has 1 aliphatic rings. The Balaban J connectivity index is 1.83. The van der Waals surface area contributed by atoms with Crippen molar-refractivity contribution in [3.8, 4) is 5.75 Å². The van der Waals surface area contributed by atoms with Gasteiger partial charge in [0.1, 0.15) is 5.75 Å². The maximum Gasteiger partial charge on any atom is 0.255 e. The molecule has 2 aromatic carbocycles. The van der Waals surface area contributed by atoms with Crippen LogP contribution in [0.4, 0.5) is 5.69 Å². The van der Waals surface area contributed by atoms with Crippen molar-refractivity contribution in [2.75, 3.05) is 45.2 Å². The molecule has 0 spiro atoms. The monoisotopic (exact) mass is 417 g/mol. The number of piperazine rings is 1. The van der Waals surface area contributed by atoms with Crippen LogP contribution >= 0.6 is 0 Å². The van der Waals surface area contributed by atoms with E-state index in [9.17, 15) is 13.2 Å². The van der Waals surface area contributed by atoms with Gasteiger partial charge < -0.3 is 15.0 Å². The normalized spacial score (nSPS) is 15.8. The molecular formula is C21H27N3O4S. The van der Waals surface area contributed by atoms with Gasteiger partial charge in [0.05, 0.1) is 11.5 Å². The van der Waals surface area contributed by atoms with Gasteiger partial charge >= 0.3 is 0 Å². The van der Waals surface area contributed by atoms with E-state index in [0.717, 1.165) is 0 Å². The first-order valence-electron chi connectivity index (χ1n) is 9.65. The van der Waals surface area contributed by atoms with Gasteiger partial charge in [-0.15, -0.1) is 0 Å². The zero-order chi connectivity index (χ0) is 21.0. The van der Waals surface area contributed by atoms with Crippen LogP contribution in [0.15, 0.2) is 47.4 Å². The zero-order valence-electron chi connectivity index (χ0n) is 17.0. The molecule has 0 aromatic heterocycles.